The van der Waals surface area contributed by atoms with Crippen molar-refractivity contribution in [3.05, 3.63) is 70.6 Å². The fraction of sp³-hybridized carbons (Fsp3) is 0.125. The summed E-state index contributed by atoms with van der Waals surface area (Å²) in [6.07, 6.45) is 0.443. The lowest BCUT2D eigenvalue weighted by atomic mass is 10.0. The van der Waals surface area contributed by atoms with Crippen LogP contribution < -0.4 is 11.3 Å². The van der Waals surface area contributed by atoms with E-state index in [4.69, 9.17) is 5.84 Å². The van der Waals surface area contributed by atoms with Crippen LogP contribution in [-0.4, -0.2) is 0 Å². The van der Waals surface area contributed by atoms with Crippen molar-refractivity contribution in [2.24, 2.45) is 5.84 Å². The van der Waals surface area contributed by atoms with E-state index in [0.29, 0.717) is 12.0 Å². The lowest BCUT2D eigenvalue weighted by Gasteiger charge is -2.14. The Morgan fingerprint density at radius 2 is 1.90 bits per heavy atom. The van der Waals surface area contributed by atoms with Crippen LogP contribution in [0.4, 0.5) is 8.78 Å². The van der Waals surface area contributed by atoms with Gasteiger partial charge >= 0.3 is 0 Å². The van der Waals surface area contributed by atoms with Crippen LogP contribution in [0.3, 0.4) is 0 Å². The SMILES string of the molecule is NNC(Cc1ccccc1F)c1cc2ccc(F)cc2s1. The van der Waals surface area contributed by atoms with Gasteiger partial charge in [-0.3, -0.25) is 11.3 Å². The number of hydrazine groups is 1. The first-order valence-corrected chi connectivity index (χ1v) is 7.37. The number of nitrogens with two attached hydrogens (primary N) is 1. The normalized spacial score (nSPS) is 12.7. The molecule has 1 unspecified atom stereocenters. The molecule has 0 amide bonds. The molecule has 5 heteroatoms. The van der Waals surface area contributed by atoms with E-state index >= 15 is 0 Å². The maximum Gasteiger partial charge on any atom is 0.126 e. The van der Waals surface area contributed by atoms with Crippen molar-refractivity contribution in [2.75, 3.05) is 0 Å². The number of hydrogen-bond acceptors (Lipinski definition) is 3. The first-order chi connectivity index (χ1) is 10.2. The Hall–Kier alpha value is -1.82. The summed E-state index contributed by atoms with van der Waals surface area (Å²) in [7, 11) is 0. The molecule has 0 bridgehead atoms. The highest BCUT2D eigenvalue weighted by molar-refractivity contribution is 7.19. The van der Waals surface area contributed by atoms with Crippen LogP contribution in [0.5, 0.6) is 0 Å². The van der Waals surface area contributed by atoms with Gasteiger partial charge in [0.2, 0.25) is 0 Å². The molecule has 0 aliphatic rings. The van der Waals surface area contributed by atoms with Crippen molar-refractivity contribution in [1.82, 2.24) is 5.43 Å². The Morgan fingerprint density at radius 3 is 2.67 bits per heavy atom. The van der Waals surface area contributed by atoms with Gasteiger partial charge in [0.05, 0.1) is 6.04 Å². The minimum atomic E-state index is -0.262. The molecule has 1 aromatic heterocycles. The van der Waals surface area contributed by atoms with Crippen LogP contribution in [-0.2, 0) is 6.42 Å². The summed E-state index contributed by atoms with van der Waals surface area (Å²) in [4.78, 5) is 0.960. The van der Waals surface area contributed by atoms with Crippen LogP contribution in [0.25, 0.3) is 10.1 Å². The van der Waals surface area contributed by atoms with Gasteiger partial charge in [-0.2, -0.15) is 0 Å². The van der Waals surface area contributed by atoms with Gasteiger partial charge in [0.1, 0.15) is 11.6 Å². The molecule has 0 spiro atoms. The van der Waals surface area contributed by atoms with Crippen molar-refractivity contribution in [2.45, 2.75) is 12.5 Å². The van der Waals surface area contributed by atoms with Crippen molar-refractivity contribution in [3.63, 3.8) is 0 Å². The summed E-state index contributed by atoms with van der Waals surface area (Å²) in [5.41, 5.74) is 3.32. The molecule has 0 saturated carbocycles. The first kappa shape index (κ1) is 14.1. The molecule has 1 atom stereocenters. The Kier molecular flexibility index (Phi) is 3.96. The molecule has 0 fully saturated rings. The van der Waals surface area contributed by atoms with Gasteiger partial charge in [-0.15, -0.1) is 11.3 Å². The minimum Gasteiger partial charge on any atom is -0.271 e. The zero-order chi connectivity index (χ0) is 14.8. The summed E-state index contributed by atoms with van der Waals surface area (Å²) in [6.45, 7) is 0. The smallest absolute Gasteiger partial charge is 0.126 e. The van der Waals surface area contributed by atoms with E-state index in [1.54, 1.807) is 24.3 Å². The van der Waals surface area contributed by atoms with Gasteiger partial charge in [-0.05, 0) is 41.6 Å². The Balaban J connectivity index is 1.93. The molecule has 3 aromatic rings. The maximum absolute atomic E-state index is 13.7. The van der Waals surface area contributed by atoms with Crippen LogP contribution in [0.2, 0.25) is 0 Å². The molecule has 1 heterocycles. The first-order valence-electron chi connectivity index (χ1n) is 6.56. The van der Waals surface area contributed by atoms with Crippen LogP contribution in [0, 0.1) is 11.6 Å². The largest absolute Gasteiger partial charge is 0.271 e. The minimum absolute atomic E-state index is 0.206. The quantitative estimate of drug-likeness (QED) is 0.566. The summed E-state index contributed by atoms with van der Waals surface area (Å²) < 4.78 is 27.9. The molecule has 0 aliphatic heterocycles. The maximum atomic E-state index is 13.7. The third kappa shape index (κ3) is 2.95. The summed E-state index contributed by atoms with van der Waals surface area (Å²) in [5.74, 6) is 5.11. The molecule has 3 N–H and O–H groups in total. The lowest BCUT2D eigenvalue weighted by molar-refractivity contribution is 0.535. The van der Waals surface area contributed by atoms with Crippen molar-refractivity contribution >= 4 is 21.4 Å². The van der Waals surface area contributed by atoms with Gasteiger partial charge in [-0.1, -0.05) is 24.3 Å². The second-order valence-electron chi connectivity index (χ2n) is 4.85. The Labute approximate surface area is 125 Å². The van der Waals surface area contributed by atoms with Crippen LogP contribution in [0.1, 0.15) is 16.5 Å². The number of rotatable bonds is 4. The highest BCUT2D eigenvalue weighted by Crippen LogP contribution is 2.32. The Morgan fingerprint density at radius 1 is 1.10 bits per heavy atom. The molecule has 0 radical (unpaired) electrons. The van der Waals surface area contributed by atoms with E-state index in [2.05, 4.69) is 5.43 Å². The average molecular weight is 304 g/mol. The van der Waals surface area contributed by atoms with Crippen LogP contribution >= 0.6 is 11.3 Å². The molecule has 2 aromatic carbocycles. The van der Waals surface area contributed by atoms with Gasteiger partial charge < -0.3 is 0 Å². The number of benzene rings is 2. The van der Waals surface area contributed by atoms with Gasteiger partial charge in [0, 0.05) is 9.58 Å². The average Bonchev–Trinajstić information content (AvgIpc) is 2.89. The van der Waals surface area contributed by atoms with E-state index in [9.17, 15) is 8.78 Å². The van der Waals surface area contributed by atoms with Gasteiger partial charge in [0.15, 0.2) is 0 Å². The lowest BCUT2D eigenvalue weighted by Crippen LogP contribution is -2.29. The van der Waals surface area contributed by atoms with E-state index in [1.807, 2.05) is 6.07 Å². The fourth-order valence-electron chi connectivity index (χ4n) is 2.32. The number of hydrogen-bond donors (Lipinski definition) is 2. The molecule has 21 heavy (non-hydrogen) atoms. The van der Waals surface area contributed by atoms with Gasteiger partial charge in [-0.25, -0.2) is 8.78 Å². The van der Waals surface area contributed by atoms with Crippen molar-refractivity contribution in [1.29, 1.82) is 0 Å². The van der Waals surface area contributed by atoms with E-state index in [0.717, 1.165) is 15.0 Å². The van der Waals surface area contributed by atoms with Crippen molar-refractivity contribution in [3.8, 4) is 0 Å². The predicted octanol–water partition coefficient (Wildman–Crippen LogP) is 3.93. The topological polar surface area (TPSA) is 38.0 Å². The summed E-state index contributed by atoms with van der Waals surface area (Å²) in [5, 5.41) is 0.963. The second kappa shape index (κ2) is 5.89. The molecule has 108 valence electrons. The molecule has 0 saturated heterocycles. The molecular weight excluding hydrogens is 290 g/mol. The Bertz CT molecular complexity index is 770. The molecule has 2 nitrogen and oxygen atoms in total. The van der Waals surface area contributed by atoms with Crippen molar-refractivity contribution < 1.29 is 8.78 Å². The zero-order valence-corrected chi connectivity index (χ0v) is 12.0. The van der Waals surface area contributed by atoms with Gasteiger partial charge in [0.25, 0.3) is 0 Å². The zero-order valence-electron chi connectivity index (χ0n) is 11.1. The third-order valence-corrected chi connectivity index (χ3v) is 4.64. The second-order valence-corrected chi connectivity index (χ2v) is 5.96. The predicted molar refractivity (Wildman–Crippen MR) is 82.0 cm³/mol. The monoisotopic (exact) mass is 304 g/mol. The van der Waals surface area contributed by atoms with E-state index in [-0.39, 0.29) is 17.7 Å². The number of thiophene rings is 1. The standard InChI is InChI=1S/C16H14F2N2S/c17-12-6-5-11-8-16(21-15(11)9-12)14(20-19)7-10-3-1-2-4-13(10)18/h1-6,8-9,14,20H,7,19H2. The van der Waals surface area contributed by atoms with E-state index in [1.165, 1.54) is 29.5 Å². The summed E-state index contributed by atoms with van der Waals surface area (Å²) in [6, 6.07) is 13.1. The molecule has 0 aliphatic carbocycles. The van der Waals surface area contributed by atoms with E-state index < -0.39 is 0 Å². The highest BCUT2D eigenvalue weighted by atomic mass is 32.1. The number of halogens is 2. The summed E-state index contributed by atoms with van der Waals surface area (Å²) >= 11 is 1.46. The number of fused-ring (bicyclic) bond motifs is 1. The fourth-order valence-corrected chi connectivity index (χ4v) is 3.47. The van der Waals surface area contributed by atoms with Crippen LogP contribution in [0.15, 0.2) is 48.5 Å². The highest BCUT2D eigenvalue weighted by Gasteiger charge is 2.16. The molecular formula is C16H14F2N2S. The third-order valence-electron chi connectivity index (χ3n) is 3.43. The molecule has 3 rings (SSSR count). The number of nitrogens with one attached hydrogen (secondary N) is 1.